The largest absolute Gasteiger partial charge is 0.431 e. The van der Waals surface area contributed by atoms with E-state index in [1.54, 1.807) is 0 Å². The first-order chi connectivity index (χ1) is 9.24. The second-order valence-corrected chi connectivity index (χ2v) is 6.03. The fourth-order valence-electron chi connectivity index (χ4n) is 2.30. The number of fused-ring (bicyclic) bond motifs is 1. The smallest absolute Gasteiger partial charge is 0.257 e. The molecule has 0 saturated carbocycles. The lowest BCUT2D eigenvalue weighted by Crippen LogP contribution is -2.34. The van der Waals surface area contributed by atoms with Gasteiger partial charge < -0.3 is 9.32 Å². The quantitative estimate of drug-likeness (QED) is 0.809. The molecule has 5 heteroatoms. The van der Waals surface area contributed by atoms with Crippen molar-refractivity contribution in [3.63, 3.8) is 0 Å². The summed E-state index contributed by atoms with van der Waals surface area (Å²) in [5.74, 6) is 0.185. The summed E-state index contributed by atoms with van der Waals surface area (Å²) in [6.45, 7) is 3.69. The summed E-state index contributed by atoms with van der Waals surface area (Å²) < 4.78 is 5.63. The van der Waals surface area contributed by atoms with E-state index in [0.29, 0.717) is 5.22 Å². The Morgan fingerprint density at radius 2 is 2.11 bits per heavy atom. The maximum Gasteiger partial charge on any atom is 0.257 e. The molecule has 0 unspecified atom stereocenters. The van der Waals surface area contributed by atoms with Crippen molar-refractivity contribution in [1.82, 2.24) is 9.88 Å². The van der Waals surface area contributed by atoms with E-state index in [-0.39, 0.29) is 11.2 Å². The number of aromatic nitrogens is 1. The van der Waals surface area contributed by atoms with Gasteiger partial charge in [-0.25, -0.2) is 4.98 Å². The van der Waals surface area contributed by atoms with Crippen LogP contribution in [0.15, 0.2) is 33.9 Å². The van der Waals surface area contributed by atoms with Gasteiger partial charge in [-0.1, -0.05) is 23.9 Å². The molecule has 2 aromatic rings. The maximum absolute atomic E-state index is 12.2. The van der Waals surface area contributed by atoms with E-state index in [4.69, 9.17) is 4.42 Å². The molecule has 0 spiro atoms. The average Bonchev–Trinajstić information content (AvgIpc) is 3.06. The van der Waals surface area contributed by atoms with Crippen LogP contribution in [0.5, 0.6) is 0 Å². The molecule has 1 aliphatic heterocycles. The van der Waals surface area contributed by atoms with Crippen LogP contribution in [0.1, 0.15) is 19.8 Å². The molecule has 0 radical (unpaired) electrons. The van der Waals surface area contributed by atoms with Gasteiger partial charge in [-0.15, -0.1) is 0 Å². The SMILES string of the molecule is C[C@@H](Sc1nc2ccccc2o1)C(=O)N1CCCC1. The van der Waals surface area contributed by atoms with Crippen LogP contribution < -0.4 is 0 Å². The zero-order valence-electron chi connectivity index (χ0n) is 10.8. The zero-order chi connectivity index (χ0) is 13.2. The Labute approximate surface area is 116 Å². The number of likely N-dealkylation sites (tertiary alicyclic amines) is 1. The monoisotopic (exact) mass is 276 g/mol. The van der Waals surface area contributed by atoms with E-state index >= 15 is 0 Å². The number of carbonyl (C=O) groups excluding carboxylic acids is 1. The summed E-state index contributed by atoms with van der Waals surface area (Å²) in [6.07, 6.45) is 2.23. The second-order valence-electron chi connectivity index (χ2n) is 4.74. The molecule has 0 N–H and O–H groups in total. The Morgan fingerprint density at radius 3 is 2.84 bits per heavy atom. The standard InChI is InChI=1S/C14H16N2O2S/c1-10(13(17)16-8-4-5-9-16)19-14-15-11-6-2-3-7-12(11)18-14/h2-3,6-7,10H,4-5,8-9H2,1H3/t10-/m1/s1. The van der Waals surface area contributed by atoms with Crippen molar-refractivity contribution in [2.45, 2.75) is 30.2 Å². The molecule has 100 valence electrons. The third-order valence-corrected chi connectivity index (χ3v) is 4.25. The van der Waals surface area contributed by atoms with Crippen molar-refractivity contribution in [1.29, 1.82) is 0 Å². The summed E-state index contributed by atoms with van der Waals surface area (Å²) in [7, 11) is 0. The van der Waals surface area contributed by atoms with Crippen LogP contribution in [-0.2, 0) is 4.79 Å². The lowest BCUT2D eigenvalue weighted by Gasteiger charge is -2.18. The Balaban J connectivity index is 1.71. The normalized spacial score (nSPS) is 17.0. The van der Waals surface area contributed by atoms with Crippen LogP contribution in [0.25, 0.3) is 11.1 Å². The molecule has 1 amide bonds. The molecule has 0 aliphatic carbocycles. The minimum absolute atomic E-state index is 0.147. The van der Waals surface area contributed by atoms with Crippen molar-refractivity contribution in [3.05, 3.63) is 24.3 Å². The van der Waals surface area contributed by atoms with Gasteiger partial charge >= 0.3 is 0 Å². The fraction of sp³-hybridized carbons (Fsp3) is 0.429. The van der Waals surface area contributed by atoms with E-state index < -0.39 is 0 Å². The van der Waals surface area contributed by atoms with Gasteiger partial charge in [0.2, 0.25) is 5.91 Å². The molecule has 1 fully saturated rings. The van der Waals surface area contributed by atoms with Gasteiger partial charge in [-0.2, -0.15) is 0 Å². The van der Waals surface area contributed by atoms with Crippen LogP contribution in [0.3, 0.4) is 0 Å². The Kier molecular flexibility index (Phi) is 3.46. The predicted molar refractivity (Wildman–Crippen MR) is 75.1 cm³/mol. The van der Waals surface area contributed by atoms with Gasteiger partial charge in [0.25, 0.3) is 5.22 Å². The number of carbonyl (C=O) groups is 1. The minimum atomic E-state index is -0.147. The van der Waals surface area contributed by atoms with E-state index in [0.717, 1.165) is 37.0 Å². The van der Waals surface area contributed by atoms with Crippen LogP contribution in [-0.4, -0.2) is 34.1 Å². The van der Waals surface area contributed by atoms with Crippen molar-refractivity contribution in [2.75, 3.05) is 13.1 Å². The van der Waals surface area contributed by atoms with Crippen molar-refractivity contribution < 1.29 is 9.21 Å². The van der Waals surface area contributed by atoms with Crippen molar-refractivity contribution >= 4 is 28.8 Å². The van der Waals surface area contributed by atoms with Gasteiger partial charge in [0.1, 0.15) is 5.52 Å². The van der Waals surface area contributed by atoms with E-state index in [9.17, 15) is 4.79 Å². The third-order valence-electron chi connectivity index (χ3n) is 3.32. The number of benzene rings is 1. The Hall–Kier alpha value is -1.49. The van der Waals surface area contributed by atoms with Gasteiger partial charge in [0.15, 0.2) is 5.58 Å². The molecule has 0 bridgehead atoms. The summed E-state index contributed by atoms with van der Waals surface area (Å²) in [4.78, 5) is 18.5. The molecule has 1 aromatic carbocycles. The van der Waals surface area contributed by atoms with Gasteiger partial charge in [0.05, 0.1) is 5.25 Å². The number of oxazole rings is 1. The second kappa shape index (κ2) is 5.25. The molecule has 4 nitrogen and oxygen atoms in total. The summed E-state index contributed by atoms with van der Waals surface area (Å²) >= 11 is 1.40. The number of thioether (sulfide) groups is 1. The van der Waals surface area contributed by atoms with Crippen LogP contribution >= 0.6 is 11.8 Å². The fourth-order valence-corrected chi connectivity index (χ4v) is 3.14. The van der Waals surface area contributed by atoms with Crippen LogP contribution in [0, 0.1) is 0 Å². The van der Waals surface area contributed by atoms with Crippen molar-refractivity contribution in [2.24, 2.45) is 0 Å². The molecule has 19 heavy (non-hydrogen) atoms. The first kappa shape index (κ1) is 12.5. The Bertz CT molecular complexity index is 557. The summed E-state index contributed by atoms with van der Waals surface area (Å²) in [5, 5.41) is 0.424. The van der Waals surface area contributed by atoms with Crippen LogP contribution in [0.2, 0.25) is 0 Å². The lowest BCUT2D eigenvalue weighted by atomic mass is 10.3. The third kappa shape index (κ3) is 2.61. The maximum atomic E-state index is 12.2. The summed E-state index contributed by atoms with van der Waals surface area (Å²) in [5.41, 5.74) is 1.61. The highest BCUT2D eigenvalue weighted by Gasteiger charge is 2.25. The van der Waals surface area contributed by atoms with Crippen LogP contribution in [0.4, 0.5) is 0 Å². The topological polar surface area (TPSA) is 46.3 Å². The average molecular weight is 276 g/mol. The molecule has 1 saturated heterocycles. The lowest BCUT2D eigenvalue weighted by molar-refractivity contribution is -0.129. The molecule has 1 atom stereocenters. The van der Waals surface area contributed by atoms with Crippen molar-refractivity contribution in [3.8, 4) is 0 Å². The number of hydrogen-bond acceptors (Lipinski definition) is 4. The molecule has 2 heterocycles. The minimum Gasteiger partial charge on any atom is -0.431 e. The van der Waals surface area contributed by atoms with Gasteiger partial charge in [0, 0.05) is 13.1 Å². The zero-order valence-corrected chi connectivity index (χ0v) is 11.7. The highest BCUT2D eigenvalue weighted by atomic mass is 32.2. The predicted octanol–water partition coefficient (Wildman–Crippen LogP) is 2.93. The molecular formula is C14H16N2O2S. The Morgan fingerprint density at radius 1 is 1.37 bits per heavy atom. The van der Waals surface area contributed by atoms with E-state index in [1.165, 1.54) is 11.8 Å². The van der Waals surface area contributed by atoms with Gasteiger partial charge in [-0.3, -0.25) is 4.79 Å². The molecular weight excluding hydrogens is 260 g/mol. The molecule has 3 rings (SSSR count). The number of amides is 1. The first-order valence-corrected chi connectivity index (χ1v) is 7.43. The molecule has 1 aromatic heterocycles. The van der Waals surface area contributed by atoms with E-state index in [1.807, 2.05) is 36.1 Å². The van der Waals surface area contributed by atoms with Gasteiger partial charge in [-0.05, 0) is 31.9 Å². The van der Waals surface area contributed by atoms with E-state index in [2.05, 4.69) is 4.98 Å². The number of hydrogen-bond donors (Lipinski definition) is 0. The highest BCUT2D eigenvalue weighted by molar-refractivity contribution is 8.00. The first-order valence-electron chi connectivity index (χ1n) is 6.55. The number of para-hydroxylation sites is 2. The summed E-state index contributed by atoms with van der Waals surface area (Å²) in [6, 6.07) is 7.65. The molecule has 1 aliphatic rings. The number of nitrogens with zero attached hydrogens (tertiary/aromatic N) is 2. The number of rotatable bonds is 3. The highest BCUT2D eigenvalue weighted by Crippen LogP contribution is 2.28.